The van der Waals surface area contributed by atoms with Crippen LogP contribution in [0.3, 0.4) is 0 Å². The Morgan fingerprint density at radius 3 is 2.58 bits per heavy atom. The third kappa shape index (κ3) is 4.37. The fourth-order valence-corrected chi connectivity index (χ4v) is 3.59. The fourth-order valence-electron chi connectivity index (χ4n) is 3.20. The molecule has 0 aliphatic rings. The minimum Gasteiger partial charge on any atom is -0.451 e. The number of furan rings is 1. The van der Waals surface area contributed by atoms with Gasteiger partial charge < -0.3 is 14.3 Å². The van der Waals surface area contributed by atoms with Gasteiger partial charge in [-0.15, -0.1) is 0 Å². The van der Waals surface area contributed by atoms with Gasteiger partial charge in [0, 0.05) is 28.5 Å². The lowest BCUT2D eigenvalue weighted by atomic mass is 10.1. The van der Waals surface area contributed by atoms with Crippen molar-refractivity contribution in [2.45, 2.75) is 0 Å². The Morgan fingerprint density at radius 2 is 1.73 bits per heavy atom. The highest BCUT2D eigenvalue weighted by Gasteiger charge is 2.18. The Hall–Kier alpha value is -3.94. The van der Waals surface area contributed by atoms with Crippen LogP contribution in [0.15, 0.2) is 88.1 Å². The van der Waals surface area contributed by atoms with Crippen LogP contribution in [0.5, 0.6) is 0 Å². The van der Waals surface area contributed by atoms with Crippen LogP contribution in [-0.2, 0) is 0 Å². The van der Waals surface area contributed by atoms with E-state index in [1.165, 1.54) is 0 Å². The lowest BCUT2D eigenvalue weighted by Gasteiger charge is -2.07. The third-order valence-corrected chi connectivity index (χ3v) is 5.36. The van der Waals surface area contributed by atoms with Crippen LogP contribution in [0.4, 0.5) is 5.69 Å². The molecule has 0 fully saturated rings. The van der Waals surface area contributed by atoms with Gasteiger partial charge in [-0.3, -0.25) is 9.78 Å². The molecule has 3 heterocycles. The fraction of sp³-hybridized carbons (Fsp3) is 0. The summed E-state index contributed by atoms with van der Waals surface area (Å²) in [6.07, 6.45) is 3.29. The zero-order valence-electron chi connectivity index (χ0n) is 16.8. The predicted molar refractivity (Wildman–Crippen MR) is 125 cm³/mol. The number of nitrogens with zero attached hydrogens (tertiary/aromatic N) is 3. The van der Waals surface area contributed by atoms with Crippen molar-refractivity contribution in [2.24, 2.45) is 0 Å². The van der Waals surface area contributed by atoms with Crippen molar-refractivity contribution in [3.8, 4) is 34.2 Å². The Morgan fingerprint density at radius 1 is 0.909 bits per heavy atom. The number of hydrogen-bond acceptors (Lipinski definition) is 6. The van der Waals surface area contributed by atoms with Crippen molar-refractivity contribution in [3.05, 3.63) is 94.9 Å². The second kappa shape index (κ2) is 8.90. The molecular weight excluding hydrogens is 463 g/mol. The molecule has 2 aromatic carbocycles. The van der Waals surface area contributed by atoms with Crippen LogP contribution in [-0.4, -0.2) is 21.0 Å². The molecule has 7 nitrogen and oxygen atoms in total. The molecule has 0 radical (unpaired) electrons. The maximum Gasteiger partial charge on any atom is 0.291 e. The number of carbonyl (C=O) groups is 1. The maximum atomic E-state index is 12.9. The molecule has 0 aliphatic carbocycles. The number of pyridine rings is 1. The molecule has 0 aliphatic heterocycles. The summed E-state index contributed by atoms with van der Waals surface area (Å²) in [5, 5.41) is 7.84. The number of amides is 1. The smallest absolute Gasteiger partial charge is 0.291 e. The Balaban J connectivity index is 1.40. The summed E-state index contributed by atoms with van der Waals surface area (Å²) in [6, 6.07) is 18.9. The van der Waals surface area contributed by atoms with Crippen molar-refractivity contribution in [1.82, 2.24) is 15.1 Å². The van der Waals surface area contributed by atoms with E-state index in [1.54, 1.807) is 73.1 Å². The molecule has 3 aromatic heterocycles. The van der Waals surface area contributed by atoms with Gasteiger partial charge in [-0.05, 0) is 54.6 Å². The molecule has 1 amide bonds. The minimum absolute atomic E-state index is 0.110. The first kappa shape index (κ1) is 20.9. The molecule has 5 rings (SSSR count). The largest absolute Gasteiger partial charge is 0.451 e. The number of aromatic nitrogens is 3. The normalized spacial score (nSPS) is 10.8. The van der Waals surface area contributed by atoms with Crippen molar-refractivity contribution in [1.29, 1.82) is 0 Å². The molecule has 0 bridgehead atoms. The van der Waals surface area contributed by atoms with E-state index < -0.39 is 5.91 Å². The predicted octanol–water partition coefficient (Wildman–Crippen LogP) is 6.62. The third-order valence-electron chi connectivity index (χ3n) is 4.79. The highest BCUT2D eigenvalue weighted by atomic mass is 35.5. The van der Waals surface area contributed by atoms with Gasteiger partial charge >= 0.3 is 0 Å². The first-order valence-corrected chi connectivity index (χ1v) is 10.5. The highest BCUT2D eigenvalue weighted by Crippen LogP contribution is 2.33. The summed E-state index contributed by atoms with van der Waals surface area (Å²) in [5.41, 5.74) is 2.43. The molecule has 0 spiro atoms. The molecule has 1 N–H and O–H groups in total. The number of benzene rings is 2. The Labute approximate surface area is 198 Å². The van der Waals surface area contributed by atoms with Crippen LogP contribution < -0.4 is 5.32 Å². The number of para-hydroxylation sites is 1. The van der Waals surface area contributed by atoms with Crippen LogP contribution in [0.25, 0.3) is 34.2 Å². The van der Waals surface area contributed by atoms with Crippen molar-refractivity contribution in [3.63, 3.8) is 0 Å². The van der Waals surface area contributed by atoms with E-state index in [0.717, 1.165) is 5.56 Å². The summed E-state index contributed by atoms with van der Waals surface area (Å²) >= 11 is 12.3. The van der Waals surface area contributed by atoms with Gasteiger partial charge in [0.1, 0.15) is 5.76 Å². The second-order valence-electron chi connectivity index (χ2n) is 6.95. The van der Waals surface area contributed by atoms with Gasteiger partial charge in [0.05, 0.1) is 16.3 Å². The van der Waals surface area contributed by atoms with Gasteiger partial charge in [-0.25, -0.2) is 0 Å². The number of hydrogen-bond donors (Lipinski definition) is 1. The number of anilines is 1. The average Bonchev–Trinajstić information content (AvgIpc) is 3.52. The quantitative estimate of drug-likeness (QED) is 0.306. The highest BCUT2D eigenvalue weighted by molar-refractivity contribution is 6.35. The van der Waals surface area contributed by atoms with Crippen molar-refractivity contribution in [2.75, 3.05) is 5.32 Å². The zero-order chi connectivity index (χ0) is 22.8. The Bertz CT molecular complexity index is 1450. The van der Waals surface area contributed by atoms with Gasteiger partial charge in [-0.2, -0.15) is 4.98 Å². The summed E-state index contributed by atoms with van der Waals surface area (Å²) < 4.78 is 11.2. The van der Waals surface area contributed by atoms with Crippen molar-refractivity contribution >= 4 is 34.8 Å². The van der Waals surface area contributed by atoms with E-state index >= 15 is 0 Å². The van der Waals surface area contributed by atoms with Crippen LogP contribution in [0, 0.1) is 0 Å². The number of nitrogens with one attached hydrogen (secondary N) is 1. The zero-order valence-corrected chi connectivity index (χ0v) is 18.3. The molecule has 9 heteroatoms. The SMILES string of the molecule is O=C(Nc1ccccc1-c1nc(-c2ccncc2)no1)c1ccc(-c2cc(Cl)ccc2Cl)o1. The number of rotatable bonds is 5. The van der Waals surface area contributed by atoms with E-state index in [-0.39, 0.29) is 11.7 Å². The molecule has 162 valence electrons. The van der Waals surface area contributed by atoms with E-state index in [1.807, 2.05) is 6.07 Å². The summed E-state index contributed by atoms with van der Waals surface area (Å²) in [7, 11) is 0. The van der Waals surface area contributed by atoms with E-state index in [0.29, 0.717) is 38.4 Å². The molecule has 0 saturated carbocycles. The standard InChI is InChI=1S/C24H14Cl2N4O3/c25-15-5-6-18(26)17(13-15)20-7-8-21(32-20)23(31)28-19-4-2-1-3-16(19)24-29-22(30-33-24)14-9-11-27-12-10-14/h1-13H,(H,28,31). The molecule has 0 unspecified atom stereocenters. The molecule has 0 saturated heterocycles. The molecular formula is C24H14Cl2N4O3. The van der Waals surface area contributed by atoms with Crippen LogP contribution in [0.1, 0.15) is 10.6 Å². The van der Waals surface area contributed by atoms with Gasteiger partial charge in [0.2, 0.25) is 5.82 Å². The van der Waals surface area contributed by atoms with E-state index in [4.69, 9.17) is 32.1 Å². The van der Waals surface area contributed by atoms with E-state index in [2.05, 4.69) is 20.4 Å². The molecule has 33 heavy (non-hydrogen) atoms. The summed E-state index contributed by atoms with van der Waals surface area (Å²) in [6.45, 7) is 0. The Kier molecular flexibility index (Phi) is 5.64. The van der Waals surface area contributed by atoms with Gasteiger partial charge in [0.25, 0.3) is 11.8 Å². The maximum absolute atomic E-state index is 12.9. The second-order valence-corrected chi connectivity index (χ2v) is 7.79. The number of halogens is 2. The molecule has 0 atom stereocenters. The topological polar surface area (TPSA) is 94.1 Å². The van der Waals surface area contributed by atoms with Crippen molar-refractivity contribution < 1.29 is 13.7 Å². The lowest BCUT2D eigenvalue weighted by Crippen LogP contribution is -2.11. The molecule has 5 aromatic rings. The average molecular weight is 477 g/mol. The number of carbonyl (C=O) groups excluding carboxylic acids is 1. The van der Waals surface area contributed by atoms with Crippen LogP contribution >= 0.6 is 23.2 Å². The lowest BCUT2D eigenvalue weighted by molar-refractivity contribution is 0.0997. The minimum atomic E-state index is -0.444. The first-order chi connectivity index (χ1) is 16.1. The van der Waals surface area contributed by atoms with E-state index in [9.17, 15) is 4.79 Å². The van der Waals surface area contributed by atoms with Gasteiger partial charge in [0.15, 0.2) is 5.76 Å². The van der Waals surface area contributed by atoms with Crippen LogP contribution in [0.2, 0.25) is 10.0 Å². The summed E-state index contributed by atoms with van der Waals surface area (Å²) in [4.78, 5) is 21.3. The summed E-state index contributed by atoms with van der Waals surface area (Å²) in [5.74, 6) is 0.783. The monoisotopic (exact) mass is 476 g/mol. The first-order valence-electron chi connectivity index (χ1n) is 9.78. The van der Waals surface area contributed by atoms with Gasteiger partial charge in [-0.1, -0.05) is 40.5 Å².